The van der Waals surface area contributed by atoms with E-state index in [2.05, 4.69) is 21.2 Å². The van der Waals surface area contributed by atoms with E-state index < -0.39 is 11.6 Å². The molecule has 0 aliphatic carbocycles. The summed E-state index contributed by atoms with van der Waals surface area (Å²) in [5, 5.41) is 3.66. The molecular formula is C28H30BrClN2O3. The maximum absolute atomic E-state index is 13.5. The lowest BCUT2D eigenvalue weighted by Gasteiger charge is -2.33. The molecular weight excluding hydrogens is 528 g/mol. The second-order valence-corrected chi connectivity index (χ2v) is 10.7. The third-order valence-electron chi connectivity index (χ3n) is 5.21. The Morgan fingerprint density at radius 3 is 2.17 bits per heavy atom. The van der Waals surface area contributed by atoms with Crippen LogP contribution in [0.1, 0.15) is 31.9 Å². The highest BCUT2D eigenvalue weighted by Crippen LogP contribution is 2.19. The molecule has 7 heteroatoms. The van der Waals surface area contributed by atoms with Gasteiger partial charge >= 0.3 is 0 Å². The predicted molar refractivity (Wildman–Crippen MR) is 143 cm³/mol. The summed E-state index contributed by atoms with van der Waals surface area (Å²) in [4.78, 5) is 28.6. The number of nitrogens with one attached hydrogen (secondary N) is 1. The lowest BCUT2D eigenvalue weighted by atomic mass is 10.0. The summed E-state index contributed by atoms with van der Waals surface area (Å²) in [6.07, 6.45) is 0.375. The summed E-state index contributed by atoms with van der Waals surface area (Å²) in [5.74, 6) is 0.0758. The van der Waals surface area contributed by atoms with Gasteiger partial charge in [0.25, 0.3) is 5.91 Å². The first kappa shape index (κ1) is 26.8. The van der Waals surface area contributed by atoms with Crippen molar-refractivity contribution in [1.82, 2.24) is 10.2 Å². The summed E-state index contributed by atoms with van der Waals surface area (Å²) in [5.41, 5.74) is 1.38. The standard InChI is InChI=1S/C28H30BrClN2O3/c1-28(2,3)31-27(34)25(17-20-7-5-4-6-8-20)32(18-21-9-13-23(30)14-10-21)26(33)19-35-24-15-11-22(29)12-16-24/h4-16,25H,17-19H2,1-3H3,(H,31,34). The van der Waals surface area contributed by atoms with E-state index in [0.717, 1.165) is 15.6 Å². The van der Waals surface area contributed by atoms with Crippen molar-refractivity contribution in [2.75, 3.05) is 6.61 Å². The first-order valence-corrected chi connectivity index (χ1v) is 12.6. The van der Waals surface area contributed by atoms with E-state index >= 15 is 0 Å². The van der Waals surface area contributed by atoms with E-state index in [0.29, 0.717) is 17.2 Å². The fourth-order valence-corrected chi connectivity index (χ4v) is 3.94. The molecule has 0 bridgehead atoms. The number of nitrogens with zero attached hydrogens (tertiary/aromatic N) is 1. The summed E-state index contributed by atoms with van der Waals surface area (Å²) in [6.45, 7) is 5.82. The van der Waals surface area contributed by atoms with E-state index in [-0.39, 0.29) is 25.0 Å². The van der Waals surface area contributed by atoms with Crippen LogP contribution in [0, 0.1) is 0 Å². The topological polar surface area (TPSA) is 58.6 Å². The lowest BCUT2D eigenvalue weighted by molar-refractivity contribution is -0.143. The van der Waals surface area contributed by atoms with E-state index in [9.17, 15) is 9.59 Å². The molecule has 3 aromatic rings. The highest BCUT2D eigenvalue weighted by atomic mass is 79.9. The zero-order chi connectivity index (χ0) is 25.4. The summed E-state index contributed by atoms with van der Waals surface area (Å²) < 4.78 is 6.70. The molecule has 0 aromatic heterocycles. The van der Waals surface area contributed by atoms with Gasteiger partial charge in [-0.25, -0.2) is 0 Å². The van der Waals surface area contributed by atoms with Crippen LogP contribution in [0.25, 0.3) is 0 Å². The van der Waals surface area contributed by atoms with Gasteiger partial charge in [0, 0.05) is 28.0 Å². The van der Waals surface area contributed by atoms with Gasteiger partial charge in [-0.1, -0.05) is 70.0 Å². The zero-order valence-corrected chi connectivity index (χ0v) is 22.5. The molecule has 2 amide bonds. The van der Waals surface area contributed by atoms with Gasteiger partial charge in [-0.3, -0.25) is 9.59 Å². The average molecular weight is 558 g/mol. The molecule has 0 aliphatic rings. The van der Waals surface area contributed by atoms with Gasteiger partial charge in [0.05, 0.1) is 0 Å². The predicted octanol–water partition coefficient (Wildman–Crippen LogP) is 6.04. The maximum Gasteiger partial charge on any atom is 0.261 e. The number of benzene rings is 3. The lowest BCUT2D eigenvalue weighted by Crippen LogP contribution is -2.55. The summed E-state index contributed by atoms with van der Waals surface area (Å²) in [6, 6.07) is 23.5. The Morgan fingerprint density at radius 2 is 1.57 bits per heavy atom. The Hall–Kier alpha value is -2.83. The van der Waals surface area contributed by atoms with E-state index in [1.807, 2.05) is 75.4 Å². The molecule has 0 heterocycles. The molecule has 0 fully saturated rings. The van der Waals surface area contributed by atoms with Crippen molar-refractivity contribution >= 4 is 39.3 Å². The largest absolute Gasteiger partial charge is 0.484 e. The van der Waals surface area contributed by atoms with Crippen LogP contribution >= 0.6 is 27.5 Å². The molecule has 0 saturated heterocycles. The Morgan fingerprint density at radius 1 is 0.943 bits per heavy atom. The fraction of sp³-hybridized carbons (Fsp3) is 0.286. The smallest absolute Gasteiger partial charge is 0.261 e. The maximum atomic E-state index is 13.5. The molecule has 5 nitrogen and oxygen atoms in total. The summed E-state index contributed by atoms with van der Waals surface area (Å²) in [7, 11) is 0. The minimum absolute atomic E-state index is 0.191. The summed E-state index contributed by atoms with van der Waals surface area (Å²) >= 11 is 9.46. The number of carbonyl (C=O) groups excluding carboxylic acids is 2. The quantitative estimate of drug-likeness (QED) is 0.349. The van der Waals surface area contributed by atoms with E-state index in [4.69, 9.17) is 16.3 Å². The van der Waals surface area contributed by atoms with Crippen molar-refractivity contribution in [3.63, 3.8) is 0 Å². The van der Waals surface area contributed by atoms with Crippen molar-refractivity contribution in [2.45, 2.75) is 45.3 Å². The first-order valence-electron chi connectivity index (χ1n) is 11.4. The number of ether oxygens (including phenoxy) is 1. The normalized spacial score (nSPS) is 12.0. The molecule has 1 N–H and O–H groups in total. The zero-order valence-electron chi connectivity index (χ0n) is 20.1. The molecule has 184 valence electrons. The molecule has 0 saturated carbocycles. The second-order valence-electron chi connectivity index (χ2n) is 9.34. The third-order valence-corrected chi connectivity index (χ3v) is 5.99. The molecule has 0 radical (unpaired) electrons. The number of halogens is 2. The van der Waals surface area contributed by atoms with Crippen LogP contribution in [-0.2, 0) is 22.6 Å². The van der Waals surface area contributed by atoms with Crippen LogP contribution in [0.15, 0.2) is 83.3 Å². The Balaban J connectivity index is 1.91. The molecule has 3 rings (SSSR count). The number of hydrogen-bond acceptors (Lipinski definition) is 3. The van der Waals surface area contributed by atoms with Crippen molar-refractivity contribution in [3.05, 3.63) is 99.5 Å². The Bertz CT molecular complexity index is 1110. The number of amides is 2. The van der Waals surface area contributed by atoms with Gasteiger partial charge in [-0.05, 0) is 68.3 Å². The van der Waals surface area contributed by atoms with Gasteiger partial charge in [-0.2, -0.15) is 0 Å². The van der Waals surface area contributed by atoms with Crippen LogP contribution in [0.4, 0.5) is 0 Å². The van der Waals surface area contributed by atoms with Gasteiger partial charge in [0.15, 0.2) is 6.61 Å². The molecule has 1 unspecified atom stereocenters. The van der Waals surface area contributed by atoms with Crippen LogP contribution in [0.2, 0.25) is 5.02 Å². The van der Waals surface area contributed by atoms with Crippen molar-refractivity contribution in [3.8, 4) is 5.75 Å². The van der Waals surface area contributed by atoms with Gasteiger partial charge in [0.2, 0.25) is 5.91 Å². The van der Waals surface area contributed by atoms with Gasteiger partial charge in [-0.15, -0.1) is 0 Å². The second kappa shape index (κ2) is 12.2. The molecule has 0 spiro atoms. The van der Waals surface area contributed by atoms with Gasteiger partial charge < -0.3 is 15.0 Å². The Labute approximate surface area is 220 Å². The molecule has 3 aromatic carbocycles. The minimum Gasteiger partial charge on any atom is -0.484 e. The highest BCUT2D eigenvalue weighted by molar-refractivity contribution is 9.10. The Kier molecular flexibility index (Phi) is 9.35. The number of carbonyl (C=O) groups is 2. The number of hydrogen-bond donors (Lipinski definition) is 1. The number of rotatable bonds is 9. The molecule has 1 atom stereocenters. The third kappa shape index (κ3) is 8.71. The average Bonchev–Trinajstić information content (AvgIpc) is 2.81. The monoisotopic (exact) mass is 556 g/mol. The van der Waals surface area contributed by atoms with E-state index in [1.165, 1.54) is 0 Å². The van der Waals surface area contributed by atoms with Gasteiger partial charge in [0.1, 0.15) is 11.8 Å². The molecule has 35 heavy (non-hydrogen) atoms. The van der Waals surface area contributed by atoms with Crippen LogP contribution in [-0.4, -0.2) is 34.9 Å². The van der Waals surface area contributed by atoms with E-state index in [1.54, 1.807) is 29.2 Å². The minimum atomic E-state index is -0.728. The van der Waals surface area contributed by atoms with Crippen LogP contribution in [0.5, 0.6) is 5.75 Å². The van der Waals surface area contributed by atoms with Crippen molar-refractivity contribution in [2.24, 2.45) is 0 Å². The van der Waals surface area contributed by atoms with Crippen LogP contribution in [0.3, 0.4) is 0 Å². The SMILES string of the molecule is CC(C)(C)NC(=O)C(Cc1ccccc1)N(Cc1ccc(Cl)cc1)C(=O)COc1ccc(Br)cc1. The van der Waals surface area contributed by atoms with Crippen molar-refractivity contribution < 1.29 is 14.3 Å². The highest BCUT2D eigenvalue weighted by Gasteiger charge is 2.32. The first-order chi connectivity index (χ1) is 16.6. The van der Waals surface area contributed by atoms with Crippen LogP contribution < -0.4 is 10.1 Å². The fourth-order valence-electron chi connectivity index (χ4n) is 3.55. The van der Waals surface area contributed by atoms with Crippen molar-refractivity contribution in [1.29, 1.82) is 0 Å². The molecule has 0 aliphatic heterocycles.